The van der Waals surface area contributed by atoms with Gasteiger partial charge in [-0.05, 0) is 19.1 Å². The molecular weight excluding hydrogens is 312 g/mol. The summed E-state index contributed by atoms with van der Waals surface area (Å²) in [6.07, 6.45) is -0.590. The molecule has 1 aliphatic heterocycles. The summed E-state index contributed by atoms with van der Waals surface area (Å²) in [5.41, 5.74) is 1.74. The number of hydrogen-bond acceptors (Lipinski definition) is 5. The fourth-order valence-electron chi connectivity index (χ4n) is 1.79. The lowest BCUT2D eigenvalue weighted by molar-refractivity contribution is 0.154. The van der Waals surface area contributed by atoms with Crippen LogP contribution < -0.4 is 10.0 Å². The number of nitrogens with one attached hydrogen (secondary N) is 2. The highest BCUT2D eigenvalue weighted by atomic mass is 32.2. The Morgan fingerprint density at radius 1 is 1.43 bits per heavy atom. The molecule has 1 amide bonds. The Bertz CT molecular complexity index is 587. The van der Waals surface area contributed by atoms with Crippen LogP contribution in [0.25, 0.3) is 0 Å². The third-order valence-corrected chi connectivity index (χ3v) is 5.70. The van der Waals surface area contributed by atoms with E-state index in [1.807, 2.05) is 19.1 Å². The number of hydrogen-bond donors (Lipinski definition) is 2. The molecule has 1 aromatic rings. The van der Waals surface area contributed by atoms with Crippen LogP contribution in [0, 0.1) is 6.92 Å². The van der Waals surface area contributed by atoms with E-state index in [1.165, 1.54) is 11.8 Å². The van der Waals surface area contributed by atoms with Gasteiger partial charge in [-0.2, -0.15) is 11.8 Å². The van der Waals surface area contributed by atoms with Crippen LogP contribution in [0.4, 0.5) is 10.5 Å². The van der Waals surface area contributed by atoms with Gasteiger partial charge in [0, 0.05) is 17.2 Å². The van der Waals surface area contributed by atoms with E-state index < -0.39 is 16.1 Å². The number of sulfonamides is 1. The Balaban J connectivity index is 1.81. The van der Waals surface area contributed by atoms with Gasteiger partial charge in [0.05, 0.1) is 11.8 Å². The number of benzene rings is 1. The highest BCUT2D eigenvalue weighted by molar-refractivity contribution is 8.00. The van der Waals surface area contributed by atoms with Gasteiger partial charge in [0.2, 0.25) is 10.0 Å². The molecule has 21 heavy (non-hydrogen) atoms. The van der Waals surface area contributed by atoms with Gasteiger partial charge in [-0.25, -0.2) is 17.9 Å². The van der Waals surface area contributed by atoms with Crippen LogP contribution in [-0.4, -0.2) is 44.4 Å². The van der Waals surface area contributed by atoms with Crippen molar-refractivity contribution in [2.75, 3.05) is 29.2 Å². The van der Waals surface area contributed by atoms with E-state index >= 15 is 0 Å². The Hall–Kier alpha value is -1.25. The van der Waals surface area contributed by atoms with E-state index in [0.29, 0.717) is 17.2 Å². The second-order valence-corrected chi connectivity index (χ2v) is 7.82. The summed E-state index contributed by atoms with van der Waals surface area (Å²) in [6, 6.07) is 6.94. The summed E-state index contributed by atoms with van der Waals surface area (Å²) in [5, 5.41) is 2.60. The molecule has 1 atom stereocenters. The Morgan fingerprint density at radius 3 is 2.86 bits per heavy atom. The molecule has 1 aromatic carbocycles. The minimum absolute atomic E-state index is 0.0178. The van der Waals surface area contributed by atoms with Crippen LogP contribution in [-0.2, 0) is 14.8 Å². The Kier molecular flexibility index (Phi) is 5.49. The molecule has 0 aromatic heterocycles. The molecule has 1 aliphatic rings. The van der Waals surface area contributed by atoms with Gasteiger partial charge in [-0.15, -0.1) is 0 Å². The van der Waals surface area contributed by atoms with E-state index in [1.54, 1.807) is 12.1 Å². The van der Waals surface area contributed by atoms with E-state index in [0.717, 1.165) is 5.56 Å². The van der Waals surface area contributed by atoms with Crippen LogP contribution in [0.5, 0.6) is 0 Å². The standard InChI is InChI=1S/C13H18N2O4S2/c1-10-2-4-11(5-3-10)14-13(16)19-8-12-9-20-6-7-21(17,18)15-12/h2-5,12,15H,6-9H2,1H3,(H,14,16). The Labute approximate surface area is 128 Å². The van der Waals surface area contributed by atoms with E-state index in [4.69, 9.17) is 4.74 Å². The van der Waals surface area contributed by atoms with Crippen LogP contribution in [0.2, 0.25) is 0 Å². The average Bonchev–Trinajstić information content (AvgIpc) is 2.60. The maximum absolute atomic E-state index is 11.7. The molecule has 0 aliphatic carbocycles. The lowest BCUT2D eigenvalue weighted by atomic mass is 10.2. The molecular formula is C13H18N2O4S2. The quantitative estimate of drug-likeness (QED) is 0.879. The molecule has 8 heteroatoms. The predicted octanol–water partition coefficient (Wildman–Crippen LogP) is 1.58. The Morgan fingerprint density at radius 2 is 2.14 bits per heavy atom. The molecule has 2 N–H and O–H groups in total. The first kappa shape index (κ1) is 16.1. The first-order valence-electron chi connectivity index (χ1n) is 6.53. The van der Waals surface area contributed by atoms with Crippen LogP contribution in [0.1, 0.15) is 5.56 Å². The summed E-state index contributed by atoms with van der Waals surface area (Å²) < 4.78 is 30.7. The molecule has 0 bridgehead atoms. The molecule has 1 fully saturated rings. The lowest BCUT2D eigenvalue weighted by Gasteiger charge is -2.15. The molecule has 116 valence electrons. The third kappa shape index (κ3) is 5.56. The van der Waals surface area contributed by atoms with Gasteiger partial charge in [-0.3, -0.25) is 5.32 Å². The zero-order valence-electron chi connectivity index (χ0n) is 11.7. The first-order valence-corrected chi connectivity index (χ1v) is 9.33. The number of carbonyl (C=O) groups is 1. The number of rotatable bonds is 3. The third-order valence-electron chi connectivity index (χ3n) is 2.88. The van der Waals surface area contributed by atoms with Crippen molar-refractivity contribution in [1.82, 2.24) is 4.72 Å². The van der Waals surface area contributed by atoms with Crippen molar-refractivity contribution < 1.29 is 17.9 Å². The molecule has 0 radical (unpaired) electrons. The van der Waals surface area contributed by atoms with Crippen molar-refractivity contribution in [3.8, 4) is 0 Å². The van der Waals surface area contributed by atoms with Crippen LogP contribution in [0.15, 0.2) is 24.3 Å². The first-order chi connectivity index (χ1) is 9.94. The number of carbonyl (C=O) groups excluding carboxylic acids is 1. The lowest BCUT2D eigenvalue weighted by Crippen LogP contribution is -2.40. The number of amides is 1. The summed E-state index contributed by atoms with van der Waals surface area (Å²) in [7, 11) is -3.26. The van der Waals surface area contributed by atoms with E-state index in [9.17, 15) is 13.2 Å². The minimum Gasteiger partial charge on any atom is -0.448 e. The van der Waals surface area contributed by atoms with Crippen molar-refractivity contribution >= 4 is 33.6 Å². The molecule has 1 unspecified atom stereocenters. The summed E-state index contributed by atoms with van der Waals surface area (Å²) in [6.45, 7) is 1.97. The second kappa shape index (κ2) is 7.15. The molecule has 1 saturated heterocycles. The summed E-state index contributed by atoms with van der Waals surface area (Å²) >= 11 is 1.53. The molecule has 6 nitrogen and oxygen atoms in total. The molecule has 1 heterocycles. The van der Waals surface area contributed by atoms with Crippen molar-refractivity contribution in [3.63, 3.8) is 0 Å². The summed E-state index contributed by atoms with van der Waals surface area (Å²) in [5.74, 6) is 1.25. The van der Waals surface area contributed by atoms with Crippen molar-refractivity contribution in [1.29, 1.82) is 0 Å². The van der Waals surface area contributed by atoms with Gasteiger partial charge in [-0.1, -0.05) is 17.7 Å². The zero-order chi connectivity index (χ0) is 15.3. The minimum atomic E-state index is -3.26. The van der Waals surface area contributed by atoms with Crippen LogP contribution >= 0.6 is 11.8 Å². The van der Waals surface area contributed by atoms with E-state index in [-0.39, 0.29) is 18.4 Å². The topological polar surface area (TPSA) is 84.5 Å². The monoisotopic (exact) mass is 330 g/mol. The smallest absolute Gasteiger partial charge is 0.411 e. The van der Waals surface area contributed by atoms with Gasteiger partial charge in [0.25, 0.3) is 0 Å². The largest absolute Gasteiger partial charge is 0.448 e. The van der Waals surface area contributed by atoms with Gasteiger partial charge >= 0.3 is 6.09 Å². The van der Waals surface area contributed by atoms with Crippen molar-refractivity contribution in [2.45, 2.75) is 13.0 Å². The SMILES string of the molecule is Cc1ccc(NC(=O)OCC2CSCCS(=O)(=O)N2)cc1. The zero-order valence-corrected chi connectivity index (χ0v) is 13.3. The highest BCUT2D eigenvalue weighted by Crippen LogP contribution is 2.12. The van der Waals surface area contributed by atoms with Crippen molar-refractivity contribution in [3.05, 3.63) is 29.8 Å². The highest BCUT2D eigenvalue weighted by Gasteiger charge is 2.23. The number of ether oxygens (including phenoxy) is 1. The van der Waals surface area contributed by atoms with E-state index in [2.05, 4.69) is 10.0 Å². The number of anilines is 1. The van der Waals surface area contributed by atoms with Gasteiger partial charge < -0.3 is 4.74 Å². The fraction of sp³-hybridized carbons (Fsp3) is 0.462. The normalized spacial score (nSPS) is 21.3. The molecule has 0 spiro atoms. The maximum atomic E-state index is 11.7. The van der Waals surface area contributed by atoms with Crippen molar-refractivity contribution in [2.24, 2.45) is 0 Å². The maximum Gasteiger partial charge on any atom is 0.411 e. The second-order valence-electron chi connectivity index (χ2n) is 4.80. The van der Waals surface area contributed by atoms with Gasteiger partial charge in [0.1, 0.15) is 6.61 Å². The van der Waals surface area contributed by atoms with Gasteiger partial charge in [0.15, 0.2) is 0 Å². The average molecular weight is 330 g/mol. The molecule has 0 saturated carbocycles. The number of aryl methyl sites for hydroxylation is 1. The predicted molar refractivity (Wildman–Crippen MR) is 84.2 cm³/mol. The number of thioether (sulfide) groups is 1. The fourth-order valence-corrected chi connectivity index (χ4v) is 4.65. The molecule has 2 rings (SSSR count). The van der Waals surface area contributed by atoms with Crippen LogP contribution in [0.3, 0.4) is 0 Å². The summed E-state index contributed by atoms with van der Waals surface area (Å²) in [4.78, 5) is 11.7.